The second-order valence-corrected chi connectivity index (χ2v) is 3.37. The van der Waals surface area contributed by atoms with Crippen LogP contribution in [0.25, 0.3) is 0 Å². The normalized spacial score (nSPS) is 12.1. The smallest absolute Gasteiger partial charge is 0.356 e. The van der Waals surface area contributed by atoms with Gasteiger partial charge in [-0.15, -0.1) is 10.2 Å². The second-order valence-electron chi connectivity index (χ2n) is 3.37. The Morgan fingerprint density at radius 2 is 2.25 bits per heavy atom. The molecular weight excluding hydrogens is 210 g/mol. The van der Waals surface area contributed by atoms with E-state index in [1.165, 1.54) is 6.07 Å². The van der Waals surface area contributed by atoms with Crippen LogP contribution in [0.1, 0.15) is 30.3 Å². The van der Waals surface area contributed by atoms with E-state index in [1.807, 2.05) is 6.92 Å². The molecule has 0 aromatic carbocycles. The lowest BCUT2D eigenvalue weighted by atomic mass is 10.1. The number of aromatic carboxylic acids is 1. The first kappa shape index (κ1) is 12.4. The number of anilines is 1. The van der Waals surface area contributed by atoms with Gasteiger partial charge in [0.2, 0.25) is 0 Å². The third-order valence-electron chi connectivity index (χ3n) is 2.21. The van der Waals surface area contributed by atoms with Gasteiger partial charge in [-0.3, -0.25) is 0 Å². The van der Waals surface area contributed by atoms with Gasteiger partial charge in [-0.25, -0.2) is 4.79 Å². The molecule has 0 bridgehead atoms. The summed E-state index contributed by atoms with van der Waals surface area (Å²) in [5, 5.41) is 27.8. The van der Waals surface area contributed by atoms with Crippen LogP contribution in [0.15, 0.2) is 12.1 Å². The van der Waals surface area contributed by atoms with E-state index in [0.29, 0.717) is 12.2 Å². The molecule has 1 unspecified atom stereocenters. The average Bonchev–Trinajstić information content (AvgIpc) is 2.29. The van der Waals surface area contributed by atoms with Crippen LogP contribution >= 0.6 is 0 Å². The zero-order valence-electron chi connectivity index (χ0n) is 9.05. The van der Waals surface area contributed by atoms with Crippen molar-refractivity contribution in [2.24, 2.45) is 0 Å². The highest BCUT2D eigenvalue weighted by Crippen LogP contribution is 2.08. The lowest BCUT2D eigenvalue weighted by Gasteiger charge is -2.15. The Hall–Kier alpha value is -1.69. The lowest BCUT2D eigenvalue weighted by Crippen LogP contribution is -2.21. The quantitative estimate of drug-likeness (QED) is 0.661. The minimum Gasteiger partial charge on any atom is -0.476 e. The van der Waals surface area contributed by atoms with Crippen LogP contribution in [0.2, 0.25) is 0 Å². The summed E-state index contributed by atoms with van der Waals surface area (Å²) in [5.41, 5.74) is -0.0826. The summed E-state index contributed by atoms with van der Waals surface area (Å²) < 4.78 is 0. The molecule has 1 atom stereocenters. The van der Waals surface area contributed by atoms with Crippen LogP contribution in [0.5, 0.6) is 0 Å². The van der Waals surface area contributed by atoms with E-state index >= 15 is 0 Å². The predicted molar refractivity (Wildman–Crippen MR) is 58.4 cm³/mol. The Morgan fingerprint density at radius 3 is 2.69 bits per heavy atom. The Kier molecular flexibility index (Phi) is 4.65. The predicted octanol–water partition coefficient (Wildman–Crippen LogP) is 0.748. The summed E-state index contributed by atoms with van der Waals surface area (Å²) in [4.78, 5) is 10.5. The maximum absolute atomic E-state index is 10.5. The van der Waals surface area contributed by atoms with Gasteiger partial charge >= 0.3 is 5.97 Å². The summed E-state index contributed by atoms with van der Waals surface area (Å²) >= 11 is 0. The largest absolute Gasteiger partial charge is 0.476 e. The Labute approximate surface area is 93.3 Å². The van der Waals surface area contributed by atoms with Crippen molar-refractivity contribution in [3.8, 4) is 0 Å². The fourth-order valence-electron chi connectivity index (χ4n) is 1.27. The molecule has 0 amide bonds. The van der Waals surface area contributed by atoms with Crippen LogP contribution in [-0.2, 0) is 0 Å². The number of aromatic nitrogens is 2. The maximum atomic E-state index is 10.5. The summed E-state index contributed by atoms with van der Waals surface area (Å²) in [7, 11) is 0. The molecule has 1 aromatic heterocycles. The SMILES string of the molecule is CCC(CCO)Nc1ccc(C(=O)O)nn1. The molecule has 0 aliphatic heterocycles. The van der Waals surface area contributed by atoms with Crippen LogP contribution < -0.4 is 5.32 Å². The minimum atomic E-state index is -1.10. The molecule has 88 valence electrons. The van der Waals surface area contributed by atoms with Crippen LogP contribution in [0, 0.1) is 0 Å². The average molecular weight is 225 g/mol. The Bertz CT molecular complexity index is 340. The van der Waals surface area contributed by atoms with Gasteiger partial charge in [0.1, 0.15) is 5.82 Å². The standard InChI is InChI=1S/C10H15N3O3/c1-2-7(5-6-14)11-9-4-3-8(10(15)16)12-13-9/h3-4,7,14H,2,5-6H2,1H3,(H,11,13)(H,15,16). The topological polar surface area (TPSA) is 95.3 Å². The number of aliphatic hydroxyl groups is 1. The molecule has 0 saturated carbocycles. The van der Waals surface area contributed by atoms with E-state index < -0.39 is 5.97 Å². The fraction of sp³-hybridized carbons (Fsp3) is 0.500. The van der Waals surface area contributed by atoms with Crippen molar-refractivity contribution in [3.63, 3.8) is 0 Å². The Balaban J connectivity index is 2.63. The molecule has 3 N–H and O–H groups in total. The molecule has 0 radical (unpaired) electrons. The number of aliphatic hydroxyl groups excluding tert-OH is 1. The molecule has 6 heteroatoms. The summed E-state index contributed by atoms with van der Waals surface area (Å²) in [6.45, 7) is 2.10. The highest BCUT2D eigenvalue weighted by atomic mass is 16.4. The number of hydrogen-bond donors (Lipinski definition) is 3. The van der Waals surface area contributed by atoms with E-state index in [0.717, 1.165) is 6.42 Å². The van der Waals surface area contributed by atoms with E-state index in [2.05, 4.69) is 15.5 Å². The van der Waals surface area contributed by atoms with E-state index in [9.17, 15) is 4.79 Å². The summed E-state index contributed by atoms with van der Waals surface area (Å²) in [6, 6.07) is 3.08. The van der Waals surface area contributed by atoms with E-state index in [-0.39, 0.29) is 18.3 Å². The van der Waals surface area contributed by atoms with Gasteiger partial charge in [-0.05, 0) is 25.0 Å². The van der Waals surface area contributed by atoms with Gasteiger partial charge in [-0.2, -0.15) is 0 Å². The fourth-order valence-corrected chi connectivity index (χ4v) is 1.27. The Morgan fingerprint density at radius 1 is 1.50 bits per heavy atom. The van der Waals surface area contributed by atoms with Crippen LogP contribution in [-0.4, -0.2) is 39.0 Å². The number of carboxylic acid groups (broad SMARTS) is 1. The lowest BCUT2D eigenvalue weighted by molar-refractivity contribution is 0.0689. The third-order valence-corrected chi connectivity index (χ3v) is 2.21. The molecule has 16 heavy (non-hydrogen) atoms. The number of nitrogens with zero attached hydrogens (tertiary/aromatic N) is 2. The van der Waals surface area contributed by atoms with Crippen molar-refractivity contribution in [1.82, 2.24) is 10.2 Å². The van der Waals surface area contributed by atoms with Crippen molar-refractivity contribution < 1.29 is 15.0 Å². The number of nitrogens with one attached hydrogen (secondary N) is 1. The van der Waals surface area contributed by atoms with Gasteiger partial charge in [-0.1, -0.05) is 6.92 Å². The summed E-state index contributed by atoms with van der Waals surface area (Å²) in [6.07, 6.45) is 1.47. The van der Waals surface area contributed by atoms with Gasteiger partial charge in [0, 0.05) is 12.6 Å². The van der Waals surface area contributed by atoms with Gasteiger partial charge in [0.05, 0.1) is 0 Å². The number of hydrogen-bond acceptors (Lipinski definition) is 5. The molecule has 0 saturated heterocycles. The monoisotopic (exact) mass is 225 g/mol. The van der Waals surface area contributed by atoms with Crippen molar-refractivity contribution >= 4 is 11.8 Å². The number of carboxylic acids is 1. The highest BCUT2D eigenvalue weighted by Gasteiger charge is 2.08. The van der Waals surface area contributed by atoms with Gasteiger partial charge in [0.15, 0.2) is 5.69 Å². The first-order chi connectivity index (χ1) is 7.67. The second kappa shape index (κ2) is 6.02. The van der Waals surface area contributed by atoms with Crippen LogP contribution in [0.3, 0.4) is 0 Å². The first-order valence-corrected chi connectivity index (χ1v) is 5.11. The molecule has 1 aromatic rings. The number of carbonyl (C=O) groups is 1. The maximum Gasteiger partial charge on any atom is 0.356 e. The molecule has 0 fully saturated rings. The van der Waals surface area contributed by atoms with E-state index in [1.54, 1.807) is 6.07 Å². The number of rotatable bonds is 6. The molecule has 0 aliphatic rings. The van der Waals surface area contributed by atoms with Crippen molar-refractivity contribution in [3.05, 3.63) is 17.8 Å². The third kappa shape index (κ3) is 3.47. The molecule has 0 spiro atoms. The van der Waals surface area contributed by atoms with Crippen molar-refractivity contribution in [2.75, 3.05) is 11.9 Å². The highest BCUT2D eigenvalue weighted by molar-refractivity contribution is 5.85. The summed E-state index contributed by atoms with van der Waals surface area (Å²) in [5.74, 6) is -0.577. The molecule has 6 nitrogen and oxygen atoms in total. The minimum absolute atomic E-state index is 0.0826. The van der Waals surface area contributed by atoms with E-state index in [4.69, 9.17) is 10.2 Å². The zero-order chi connectivity index (χ0) is 12.0. The van der Waals surface area contributed by atoms with Crippen molar-refractivity contribution in [1.29, 1.82) is 0 Å². The van der Waals surface area contributed by atoms with Gasteiger partial charge in [0.25, 0.3) is 0 Å². The molecule has 1 heterocycles. The molecular formula is C10H15N3O3. The zero-order valence-corrected chi connectivity index (χ0v) is 9.05. The molecule has 1 rings (SSSR count). The first-order valence-electron chi connectivity index (χ1n) is 5.11. The molecule has 0 aliphatic carbocycles. The van der Waals surface area contributed by atoms with Gasteiger partial charge < -0.3 is 15.5 Å². The van der Waals surface area contributed by atoms with Crippen molar-refractivity contribution in [2.45, 2.75) is 25.8 Å². The van der Waals surface area contributed by atoms with Crippen LogP contribution in [0.4, 0.5) is 5.82 Å².